The van der Waals surface area contributed by atoms with Gasteiger partial charge in [-0.3, -0.25) is 4.79 Å². The van der Waals surface area contributed by atoms with Gasteiger partial charge in [-0.05, 0) is 60.0 Å². The average Bonchev–Trinajstić information content (AvgIpc) is 3.50. The number of amides is 1. The van der Waals surface area contributed by atoms with E-state index in [4.69, 9.17) is 0 Å². The van der Waals surface area contributed by atoms with E-state index >= 15 is 0 Å². The fourth-order valence-electron chi connectivity index (χ4n) is 4.64. The Balaban J connectivity index is 1.35. The molecule has 0 saturated carbocycles. The summed E-state index contributed by atoms with van der Waals surface area (Å²) >= 11 is 0. The summed E-state index contributed by atoms with van der Waals surface area (Å²) < 4.78 is 0. The average molecular weight is 436 g/mol. The summed E-state index contributed by atoms with van der Waals surface area (Å²) in [6.07, 6.45) is 5.85. The molecule has 1 amide bonds. The van der Waals surface area contributed by atoms with Crippen LogP contribution in [0.5, 0.6) is 0 Å². The molecule has 2 N–H and O–H groups in total. The number of pyridine rings is 1. The highest BCUT2D eigenvalue weighted by Crippen LogP contribution is 2.32. The molecule has 2 aromatic carbocycles. The van der Waals surface area contributed by atoms with Gasteiger partial charge in [0, 0.05) is 72.4 Å². The van der Waals surface area contributed by atoms with Gasteiger partial charge in [0.05, 0.1) is 0 Å². The van der Waals surface area contributed by atoms with Crippen molar-refractivity contribution in [1.29, 1.82) is 0 Å². The predicted octanol–water partition coefficient (Wildman–Crippen LogP) is 4.77. The lowest BCUT2D eigenvalue weighted by Crippen LogP contribution is -2.47. The first-order valence-corrected chi connectivity index (χ1v) is 11.3. The van der Waals surface area contributed by atoms with Crippen LogP contribution in [0.1, 0.15) is 10.4 Å². The molecule has 0 bridgehead atoms. The first-order chi connectivity index (χ1) is 16.2. The Labute approximate surface area is 191 Å². The molecule has 0 aliphatic carbocycles. The van der Waals surface area contributed by atoms with Gasteiger partial charge in [0.1, 0.15) is 5.65 Å². The van der Waals surface area contributed by atoms with Crippen molar-refractivity contribution in [3.8, 4) is 22.3 Å². The van der Waals surface area contributed by atoms with Crippen molar-refractivity contribution < 1.29 is 4.79 Å². The smallest absolute Gasteiger partial charge is 0.253 e. The minimum absolute atomic E-state index is 0.0983. The molecule has 3 aromatic heterocycles. The Morgan fingerprint density at radius 1 is 0.909 bits per heavy atom. The number of nitrogens with one attached hydrogen (secondary N) is 2. The van der Waals surface area contributed by atoms with Crippen molar-refractivity contribution >= 4 is 27.8 Å². The maximum Gasteiger partial charge on any atom is 0.253 e. The number of likely N-dealkylation sites (N-methyl/N-ethyl adjacent to an activating group) is 1. The second-order valence-corrected chi connectivity index (χ2v) is 8.78. The zero-order valence-corrected chi connectivity index (χ0v) is 18.5. The van der Waals surface area contributed by atoms with Crippen LogP contribution < -0.4 is 0 Å². The second-order valence-electron chi connectivity index (χ2n) is 8.78. The number of fused-ring (bicyclic) bond motifs is 2. The van der Waals surface area contributed by atoms with E-state index in [-0.39, 0.29) is 5.91 Å². The van der Waals surface area contributed by atoms with Crippen LogP contribution >= 0.6 is 0 Å². The van der Waals surface area contributed by atoms with Gasteiger partial charge in [0.2, 0.25) is 0 Å². The maximum atomic E-state index is 13.1. The van der Waals surface area contributed by atoms with E-state index in [9.17, 15) is 4.79 Å². The van der Waals surface area contributed by atoms with E-state index < -0.39 is 0 Å². The Bertz CT molecular complexity index is 1470. The number of aromatic amines is 2. The number of nitrogens with zero attached hydrogens (tertiary/aromatic N) is 3. The number of rotatable bonds is 3. The fourth-order valence-corrected chi connectivity index (χ4v) is 4.64. The van der Waals surface area contributed by atoms with E-state index in [2.05, 4.69) is 57.2 Å². The lowest BCUT2D eigenvalue weighted by molar-refractivity contribution is 0.0664. The third kappa shape index (κ3) is 3.58. The van der Waals surface area contributed by atoms with Crippen molar-refractivity contribution in [2.24, 2.45) is 0 Å². The molecule has 6 rings (SSSR count). The van der Waals surface area contributed by atoms with Crippen LogP contribution in [-0.2, 0) is 0 Å². The highest BCUT2D eigenvalue weighted by Gasteiger charge is 2.20. The number of benzene rings is 2. The number of carbonyl (C=O) groups is 1. The fraction of sp³-hybridized carbons (Fsp3) is 0.185. The van der Waals surface area contributed by atoms with Crippen molar-refractivity contribution in [1.82, 2.24) is 24.8 Å². The summed E-state index contributed by atoms with van der Waals surface area (Å²) in [6, 6.07) is 18.6. The molecule has 0 radical (unpaired) electrons. The molecule has 5 aromatic rings. The third-order valence-electron chi connectivity index (χ3n) is 6.63. The van der Waals surface area contributed by atoms with Crippen molar-refractivity contribution in [3.05, 3.63) is 78.8 Å². The molecule has 164 valence electrons. The van der Waals surface area contributed by atoms with Crippen molar-refractivity contribution in [2.75, 3.05) is 33.2 Å². The number of hydrogen-bond donors (Lipinski definition) is 2. The summed E-state index contributed by atoms with van der Waals surface area (Å²) in [4.78, 5) is 28.5. The molecule has 1 aliphatic heterocycles. The molecule has 6 heteroatoms. The van der Waals surface area contributed by atoms with Gasteiger partial charge in [-0.2, -0.15) is 0 Å². The molecular weight excluding hydrogens is 410 g/mol. The van der Waals surface area contributed by atoms with Crippen LogP contribution in [0.15, 0.2) is 73.2 Å². The molecular formula is C27H25N5O. The summed E-state index contributed by atoms with van der Waals surface area (Å²) in [6.45, 7) is 3.37. The normalized spacial score (nSPS) is 14.9. The first-order valence-electron chi connectivity index (χ1n) is 11.3. The lowest BCUT2D eigenvalue weighted by atomic mass is 10.00. The van der Waals surface area contributed by atoms with Gasteiger partial charge >= 0.3 is 0 Å². The van der Waals surface area contributed by atoms with Crippen LogP contribution in [0.4, 0.5) is 0 Å². The Kier molecular flexibility index (Phi) is 4.73. The van der Waals surface area contributed by atoms with Gasteiger partial charge in [0.25, 0.3) is 5.91 Å². The van der Waals surface area contributed by atoms with Gasteiger partial charge < -0.3 is 19.8 Å². The molecule has 4 heterocycles. The molecule has 6 nitrogen and oxygen atoms in total. The van der Waals surface area contributed by atoms with Gasteiger partial charge in [-0.15, -0.1) is 0 Å². The highest BCUT2D eigenvalue weighted by molar-refractivity contribution is 5.99. The van der Waals surface area contributed by atoms with E-state index in [0.717, 1.165) is 70.5 Å². The lowest BCUT2D eigenvalue weighted by Gasteiger charge is -2.32. The van der Waals surface area contributed by atoms with E-state index in [1.54, 1.807) is 0 Å². The van der Waals surface area contributed by atoms with Crippen LogP contribution in [0, 0.1) is 0 Å². The SMILES string of the molecule is CN1CCN(C(=O)c2cccc(-c3cnc4[nH]cc(-c5ccc6[nH]ccc6c5)c4c3)c2)CC1. The van der Waals surface area contributed by atoms with E-state index in [1.807, 2.05) is 47.8 Å². The van der Waals surface area contributed by atoms with Gasteiger partial charge in [-0.25, -0.2) is 4.98 Å². The first kappa shape index (κ1) is 19.8. The highest BCUT2D eigenvalue weighted by atomic mass is 16.2. The minimum atomic E-state index is 0.0983. The molecule has 0 spiro atoms. The van der Waals surface area contributed by atoms with Crippen LogP contribution in [0.2, 0.25) is 0 Å². The summed E-state index contributed by atoms with van der Waals surface area (Å²) in [5.74, 6) is 0.0983. The molecule has 1 aliphatic rings. The van der Waals surface area contributed by atoms with Gasteiger partial charge in [0.15, 0.2) is 0 Å². The van der Waals surface area contributed by atoms with Crippen LogP contribution in [0.25, 0.3) is 44.2 Å². The summed E-state index contributed by atoms with van der Waals surface area (Å²) in [5, 5.41) is 2.25. The molecule has 1 saturated heterocycles. The van der Waals surface area contributed by atoms with Crippen LogP contribution in [-0.4, -0.2) is 63.9 Å². The van der Waals surface area contributed by atoms with Gasteiger partial charge in [-0.1, -0.05) is 18.2 Å². The minimum Gasteiger partial charge on any atom is -0.361 e. The Morgan fingerprint density at radius 2 is 1.79 bits per heavy atom. The number of hydrogen-bond acceptors (Lipinski definition) is 3. The van der Waals surface area contributed by atoms with Crippen molar-refractivity contribution in [2.45, 2.75) is 0 Å². The Morgan fingerprint density at radius 3 is 2.67 bits per heavy atom. The number of piperazine rings is 1. The largest absolute Gasteiger partial charge is 0.361 e. The molecule has 0 unspecified atom stereocenters. The van der Waals surface area contributed by atoms with E-state index in [1.165, 1.54) is 5.39 Å². The Hall–Kier alpha value is -3.90. The third-order valence-corrected chi connectivity index (χ3v) is 6.63. The molecule has 33 heavy (non-hydrogen) atoms. The summed E-state index contributed by atoms with van der Waals surface area (Å²) in [7, 11) is 2.09. The quantitative estimate of drug-likeness (QED) is 0.429. The van der Waals surface area contributed by atoms with Crippen LogP contribution in [0.3, 0.4) is 0 Å². The number of aromatic nitrogens is 3. The van der Waals surface area contributed by atoms with E-state index in [0.29, 0.717) is 0 Å². The zero-order valence-electron chi connectivity index (χ0n) is 18.5. The topological polar surface area (TPSA) is 68.0 Å². The monoisotopic (exact) mass is 435 g/mol. The standard InChI is InChI=1S/C27H25N5O/c1-31-9-11-32(12-10-31)27(33)21-4-2-3-18(13-21)22-15-23-24(17-30-26(23)29-16-22)19-5-6-25-20(14-19)7-8-28-25/h2-8,13-17,28H,9-12H2,1H3,(H,29,30). The maximum absolute atomic E-state index is 13.1. The second kappa shape index (κ2) is 7.90. The number of H-pyrrole nitrogens is 2. The predicted molar refractivity (Wildman–Crippen MR) is 132 cm³/mol. The molecule has 1 fully saturated rings. The number of carbonyl (C=O) groups excluding carboxylic acids is 1. The molecule has 0 atom stereocenters. The van der Waals surface area contributed by atoms with Crippen molar-refractivity contribution in [3.63, 3.8) is 0 Å². The summed E-state index contributed by atoms with van der Waals surface area (Å²) in [5.41, 5.74) is 6.96. The zero-order chi connectivity index (χ0) is 22.4.